The summed E-state index contributed by atoms with van der Waals surface area (Å²) in [6, 6.07) is 0. The molecule has 5 nitrogen and oxygen atoms in total. The van der Waals surface area contributed by atoms with Gasteiger partial charge in [-0.1, -0.05) is 0 Å². The average Bonchev–Trinajstić information content (AvgIpc) is 1.33. The number of carbonyl (C=O) groups excluding carboxylic acids is 1. The Morgan fingerprint density at radius 3 is 1.50 bits per heavy atom. The Balaban J connectivity index is -0.0000000575. The summed E-state index contributed by atoms with van der Waals surface area (Å²) < 4.78 is 24.2. The van der Waals surface area contributed by atoms with Crippen LogP contribution in [0.2, 0.25) is 0 Å². The SMILES string of the molecule is Cl.N=C=O.O=[SH](=O)O. The van der Waals surface area contributed by atoms with E-state index in [2.05, 4.69) is 0 Å². The Morgan fingerprint density at radius 1 is 1.50 bits per heavy atom. The number of thiol groups is 1. The van der Waals surface area contributed by atoms with Crippen LogP contribution in [-0.4, -0.2) is 19.1 Å². The molecule has 0 amide bonds. The van der Waals surface area contributed by atoms with Crippen molar-refractivity contribution in [1.29, 1.82) is 5.41 Å². The third-order valence-electron chi connectivity index (χ3n) is 0. The van der Waals surface area contributed by atoms with Crippen molar-refractivity contribution in [2.45, 2.75) is 0 Å². The van der Waals surface area contributed by atoms with E-state index in [9.17, 15) is 0 Å². The van der Waals surface area contributed by atoms with Crippen LogP contribution in [0.5, 0.6) is 0 Å². The third-order valence-corrected chi connectivity index (χ3v) is 0. The lowest BCUT2D eigenvalue weighted by atomic mass is 11.7. The molecule has 8 heavy (non-hydrogen) atoms. The lowest BCUT2D eigenvalue weighted by Gasteiger charge is -1.43. The first-order chi connectivity index (χ1) is 3.15. The maximum atomic E-state index is 8.59. The van der Waals surface area contributed by atoms with Crippen LogP contribution >= 0.6 is 12.4 Å². The molecule has 0 spiro atoms. The second-order valence-corrected chi connectivity index (χ2v) is 0.816. The Bertz CT molecular complexity index is 116. The first kappa shape index (κ1) is 15.6. The maximum Gasteiger partial charge on any atom is 0.254 e. The molecule has 0 rings (SSSR count). The van der Waals surface area contributed by atoms with Gasteiger partial charge in [-0.15, -0.1) is 12.4 Å². The Labute approximate surface area is 53.4 Å². The minimum absolute atomic E-state index is 0. The number of rotatable bonds is 0. The van der Waals surface area contributed by atoms with Gasteiger partial charge < -0.3 is 0 Å². The molecule has 0 aromatic rings. The first-order valence-corrected chi connectivity index (χ1v) is 2.15. The summed E-state index contributed by atoms with van der Waals surface area (Å²) in [4.78, 5) is 8.35. The van der Waals surface area contributed by atoms with Crippen LogP contribution in [0.3, 0.4) is 0 Å². The van der Waals surface area contributed by atoms with Gasteiger partial charge >= 0.3 is 0 Å². The van der Waals surface area contributed by atoms with E-state index >= 15 is 0 Å². The van der Waals surface area contributed by atoms with E-state index in [1.165, 1.54) is 0 Å². The van der Waals surface area contributed by atoms with Gasteiger partial charge in [0.25, 0.3) is 11.0 Å². The van der Waals surface area contributed by atoms with Crippen molar-refractivity contribution in [1.82, 2.24) is 0 Å². The summed E-state index contributed by atoms with van der Waals surface area (Å²) in [5.41, 5.74) is 0. The quantitative estimate of drug-likeness (QED) is 0.191. The number of hydrogen-bond donors (Lipinski definition) is 3. The van der Waals surface area contributed by atoms with E-state index in [1.54, 1.807) is 0 Å². The van der Waals surface area contributed by atoms with Crippen LogP contribution in [-0.2, 0) is 15.8 Å². The van der Waals surface area contributed by atoms with Crippen LogP contribution in [0, 0.1) is 5.41 Å². The summed E-state index contributed by atoms with van der Waals surface area (Å²) in [5, 5.41) is 5.40. The lowest BCUT2D eigenvalue weighted by molar-refractivity contribution is 0.509. The number of hydrogen-bond acceptors (Lipinski definition) is 4. The summed E-state index contributed by atoms with van der Waals surface area (Å²) in [5.74, 6) is 0. The normalized spacial score (nSPS) is 5.25. The molecule has 2 N–H and O–H groups in total. The minimum atomic E-state index is -3.12. The van der Waals surface area contributed by atoms with Gasteiger partial charge in [0, 0.05) is 0 Å². The van der Waals surface area contributed by atoms with Crippen molar-refractivity contribution < 1.29 is 17.8 Å². The van der Waals surface area contributed by atoms with E-state index < -0.39 is 11.0 Å². The highest BCUT2D eigenvalue weighted by Gasteiger charge is 1.44. The maximum absolute atomic E-state index is 8.59. The van der Waals surface area contributed by atoms with Crippen molar-refractivity contribution in [3.8, 4) is 0 Å². The van der Waals surface area contributed by atoms with Gasteiger partial charge in [-0.3, -0.25) is 4.55 Å². The van der Waals surface area contributed by atoms with Crippen molar-refractivity contribution in [2.75, 3.05) is 0 Å². The average molecular weight is 162 g/mol. The summed E-state index contributed by atoms with van der Waals surface area (Å²) in [6.45, 7) is 0. The summed E-state index contributed by atoms with van der Waals surface area (Å²) in [7, 11) is -3.12. The standard InChI is InChI=1S/CHNO.ClH.H2O3S/c2-1-3;;1-4(2)3/h2H;1H;4H,(H,1,2,3). The Hall–Kier alpha value is -0.420. The molecule has 0 heterocycles. The van der Waals surface area contributed by atoms with E-state index in [0.29, 0.717) is 0 Å². The molecule has 0 bridgehead atoms. The molecule has 50 valence electrons. The van der Waals surface area contributed by atoms with Gasteiger partial charge in [0.1, 0.15) is 0 Å². The highest BCUT2D eigenvalue weighted by atomic mass is 35.5. The molecule has 0 aliphatic heterocycles. The second-order valence-electron chi connectivity index (χ2n) is 0.340. The van der Waals surface area contributed by atoms with Crippen molar-refractivity contribution >= 4 is 29.5 Å². The zero-order chi connectivity index (χ0) is 6.28. The zero-order valence-electron chi connectivity index (χ0n) is 3.53. The van der Waals surface area contributed by atoms with Gasteiger partial charge in [0.15, 0.2) is 0 Å². The topological polar surface area (TPSA) is 95.3 Å². The van der Waals surface area contributed by atoms with Gasteiger partial charge in [0.05, 0.1) is 0 Å². The minimum Gasteiger partial charge on any atom is -0.288 e. The Morgan fingerprint density at radius 2 is 1.50 bits per heavy atom. The molecule has 0 atom stereocenters. The fraction of sp³-hybridized carbons (Fsp3) is 0. The van der Waals surface area contributed by atoms with Crippen molar-refractivity contribution in [3.05, 3.63) is 0 Å². The molecule has 0 saturated carbocycles. The summed E-state index contributed by atoms with van der Waals surface area (Å²) in [6.07, 6.45) is 0.750. The van der Waals surface area contributed by atoms with Gasteiger partial charge in [-0.05, 0) is 0 Å². The van der Waals surface area contributed by atoms with E-state index in [1.807, 2.05) is 0 Å². The van der Waals surface area contributed by atoms with E-state index in [4.69, 9.17) is 23.2 Å². The molecule has 0 unspecified atom stereocenters. The highest BCUT2D eigenvalue weighted by Crippen LogP contribution is 1.27. The van der Waals surface area contributed by atoms with Crippen molar-refractivity contribution in [2.24, 2.45) is 0 Å². The van der Waals surface area contributed by atoms with Gasteiger partial charge in [-0.25, -0.2) is 18.6 Å². The molecule has 0 aliphatic carbocycles. The molecule has 0 aliphatic rings. The predicted octanol–water partition coefficient (Wildman–Crippen LogP) is -0.606. The van der Waals surface area contributed by atoms with Crippen LogP contribution in [0.4, 0.5) is 0 Å². The first-order valence-electron chi connectivity index (χ1n) is 1.02. The molecule has 0 saturated heterocycles. The number of halogens is 1. The fourth-order valence-electron chi connectivity index (χ4n) is 0. The number of nitrogens with one attached hydrogen (secondary N) is 1. The molecular weight excluding hydrogens is 158 g/mol. The molecule has 0 radical (unpaired) electrons. The smallest absolute Gasteiger partial charge is 0.254 e. The Kier molecular flexibility index (Phi) is 31.3. The fourth-order valence-corrected chi connectivity index (χ4v) is 0. The largest absolute Gasteiger partial charge is 0.288 e. The van der Waals surface area contributed by atoms with Crippen LogP contribution in [0.1, 0.15) is 0 Å². The predicted molar refractivity (Wildman–Crippen MR) is 28.6 cm³/mol. The van der Waals surface area contributed by atoms with Crippen LogP contribution < -0.4 is 0 Å². The molecule has 0 aromatic carbocycles. The van der Waals surface area contributed by atoms with Gasteiger partial charge in [0.2, 0.25) is 6.08 Å². The monoisotopic (exact) mass is 161 g/mol. The molecular formula is CH4ClNO4S. The number of isocyanates is 1. The summed E-state index contributed by atoms with van der Waals surface area (Å²) >= 11 is 0. The van der Waals surface area contributed by atoms with E-state index in [0.717, 1.165) is 6.08 Å². The van der Waals surface area contributed by atoms with Crippen LogP contribution in [0.25, 0.3) is 0 Å². The molecule has 0 fully saturated rings. The molecule has 0 aromatic heterocycles. The van der Waals surface area contributed by atoms with Crippen molar-refractivity contribution in [3.63, 3.8) is 0 Å². The second kappa shape index (κ2) is 16.0. The highest BCUT2D eigenvalue weighted by molar-refractivity contribution is 7.66. The van der Waals surface area contributed by atoms with Gasteiger partial charge in [-0.2, -0.15) is 0 Å². The zero-order valence-corrected chi connectivity index (χ0v) is 5.24. The molecule has 7 heteroatoms. The van der Waals surface area contributed by atoms with E-state index in [-0.39, 0.29) is 12.4 Å². The van der Waals surface area contributed by atoms with Crippen LogP contribution in [0.15, 0.2) is 0 Å². The lowest BCUT2D eigenvalue weighted by Crippen LogP contribution is -1.58. The third kappa shape index (κ3) is 664.